The zero-order chi connectivity index (χ0) is 29.0. The molecule has 0 aliphatic heterocycles. The van der Waals surface area contributed by atoms with Crippen LogP contribution in [0.5, 0.6) is 0 Å². The molecule has 0 N–H and O–H groups in total. The fraction of sp³-hybridized carbons (Fsp3) is 0. The molecule has 4 nitrogen and oxygen atoms in total. The molecule has 0 saturated heterocycles. The number of fused-ring (bicyclic) bond motifs is 2. The van der Waals surface area contributed by atoms with Gasteiger partial charge in [0.2, 0.25) is 0 Å². The summed E-state index contributed by atoms with van der Waals surface area (Å²) >= 11 is 0. The van der Waals surface area contributed by atoms with Crippen LogP contribution in [0.4, 0.5) is 0 Å². The average molecular weight is 733 g/mol. The number of pyridine rings is 1. The van der Waals surface area contributed by atoms with Gasteiger partial charge in [0.05, 0.1) is 18.2 Å². The van der Waals surface area contributed by atoms with Gasteiger partial charge in [-0.1, -0.05) is 95.9 Å². The summed E-state index contributed by atoms with van der Waals surface area (Å²) < 4.78 is 15.6. The number of para-hydroxylation sites is 3. The Labute approximate surface area is 265 Å². The van der Waals surface area contributed by atoms with Crippen molar-refractivity contribution in [2.75, 3.05) is 0 Å². The van der Waals surface area contributed by atoms with Gasteiger partial charge in [-0.15, -0.1) is 42.0 Å². The summed E-state index contributed by atoms with van der Waals surface area (Å²) in [6.07, 6.45) is 4.81. The minimum absolute atomic E-state index is 0. The Morgan fingerprint density at radius 3 is 2.26 bits per heavy atom. The van der Waals surface area contributed by atoms with Crippen molar-refractivity contribution >= 4 is 22.0 Å². The topological polar surface area (TPSA) is 43.9 Å². The summed E-state index contributed by atoms with van der Waals surface area (Å²) in [5.41, 5.74) is 8.73. The van der Waals surface area contributed by atoms with Crippen LogP contribution in [-0.4, -0.2) is 14.5 Å². The van der Waals surface area contributed by atoms with E-state index in [1.807, 2.05) is 84.9 Å². The van der Waals surface area contributed by atoms with E-state index in [0.29, 0.717) is 11.6 Å². The quantitative estimate of drug-likeness (QED) is 0.170. The monoisotopic (exact) mass is 733 g/mol. The molecule has 0 bridgehead atoms. The zero-order valence-corrected chi connectivity index (χ0v) is 25.3. The van der Waals surface area contributed by atoms with E-state index < -0.39 is 0 Å². The predicted octanol–water partition coefficient (Wildman–Crippen LogP) is 9.45. The smallest absolute Gasteiger partial charge is 0.0774 e. The van der Waals surface area contributed by atoms with Crippen molar-refractivity contribution in [3.05, 3.63) is 164 Å². The number of nitrogens with zero attached hydrogens (tertiary/aromatic N) is 3. The molecular formula is C38H25IrN3O-2. The summed E-state index contributed by atoms with van der Waals surface area (Å²) in [7, 11) is 0. The molecule has 0 fully saturated rings. The first-order valence-electron chi connectivity index (χ1n) is 14.2. The minimum atomic E-state index is 0. The molecule has 1 radical (unpaired) electrons. The Kier molecular flexibility index (Phi) is 7.99. The van der Waals surface area contributed by atoms with Gasteiger partial charge in [0, 0.05) is 43.8 Å². The summed E-state index contributed by atoms with van der Waals surface area (Å²) in [5, 5.41) is 0.897. The van der Waals surface area contributed by atoms with E-state index in [4.69, 9.17) is 10.8 Å². The fourth-order valence-electron chi connectivity index (χ4n) is 5.00. The van der Waals surface area contributed by atoms with E-state index in [2.05, 4.69) is 64.3 Å². The van der Waals surface area contributed by atoms with Crippen molar-refractivity contribution in [1.29, 1.82) is 0 Å². The Balaban J connectivity index is 0.000000222. The van der Waals surface area contributed by atoms with Crippen molar-refractivity contribution in [2.24, 2.45) is 0 Å². The van der Waals surface area contributed by atoms with Crippen molar-refractivity contribution in [2.45, 2.75) is 0 Å². The number of hydrogen-bond acceptors (Lipinski definition) is 3. The molecule has 0 amide bonds. The second-order valence-electron chi connectivity index (χ2n) is 9.67. The largest absolute Gasteiger partial charge is 0.557 e. The van der Waals surface area contributed by atoms with Crippen LogP contribution >= 0.6 is 0 Å². The third-order valence-corrected chi connectivity index (χ3v) is 7.03. The third kappa shape index (κ3) is 5.82. The van der Waals surface area contributed by atoms with Gasteiger partial charge in [-0.2, -0.15) is 0 Å². The molecule has 0 aliphatic rings. The predicted molar refractivity (Wildman–Crippen MR) is 169 cm³/mol. The molecule has 0 atom stereocenters. The van der Waals surface area contributed by atoms with Gasteiger partial charge in [-0.3, -0.25) is 4.98 Å². The summed E-state index contributed by atoms with van der Waals surface area (Å²) in [6, 6.07) is 49.5. The van der Waals surface area contributed by atoms with Gasteiger partial charge in [0.25, 0.3) is 0 Å². The van der Waals surface area contributed by atoms with Gasteiger partial charge < -0.3 is 14.0 Å². The van der Waals surface area contributed by atoms with Crippen LogP contribution in [0.1, 0.15) is 1.37 Å². The molecule has 5 heteroatoms. The normalized spacial score (nSPS) is 10.9. The number of benzene rings is 5. The van der Waals surface area contributed by atoms with E-state index in [0.717, 1.165) is 44.8 Å². The zero-order valence-electron chi connectivity index (χ0n) is 23.9. The number of furan rings is 1. The van der Waals surface area contributed by atoms with Gasteiger partial charge in [0.15, 0.2) is 0 Å². The number of imidazole rings is 1. The Morgan fingerprint density at radius 2 is 1.47 bits per heavy atom. The molecule has 3 heterocycles. The number of hydrogen-bond donors (Lipinski definition) is 0. The van der Waals surface area contributed by atoms with E-state index in [1.54, 1.807) is 18.3 Å². The molecule has 0 unspecified atom stereocenters. The molecule has 209 valence electrons. The van der Waals surface area contributed by atoms with Gasteiger partial charge in [-0.25, -0.2) is 0 Å². The molecule has 0 aliphatic carbocycles. The Morgan fingerprint density at radius 1 is 0.698 bits per heavy atom. The summed E-state index contributed by atoms with van der Waals surface area (Å²) in [5.74, 6) is 0.769. The van der Waals surface area contributed by atoms with E-state index in [9.17, 15) is 0 Å². The van der Waals surface area contributed by atoms with Crippen LogP contribution in [0.25, 0.3) is 61.5 Å². The fourth-order valence-corrected chi connectivity index (χ4v) is 5.00. The molecule has 8 rings (SSSR count). The molecule has 8 aromatic rings. The molecule has 0 saturated carbocycles. The van der Waals surface area contributed by atoms with E-state index >= 15 is 0 Å². The van der Waals surface area contributed by atoms with Crippen molar-refractivity contribution < 1.29 is 25.9 Å². The maximum absolute atomic E-state index is 7.85. The third-order valence-electron chi connectivity index (χ3n) is 7.03. The maximum atomic E-state index is 7.85. The van der Waals surface area contributed by atoms with Crippen LogP contribution < -0.4 is 0 Å². The Bertz CT molecular complexity index is 2090. The second kappa shape index (κ2) is 12.8. The van der Waals surface area contributed by atoms with Gasteiger partial charge >= 0.3 is 0 Å². The van der Waals surface area contributed by atoms with Crippen LogP contribution in [0.3, 0.4) is 0 Å². The second-order valence-corrected chi connectivity index (χ2v) is 9.67. The van der Waals surface area contributed by atoms with Crippen LogP contribution in [0.15, 0.2) is 156 Å². The Hall–Kier alpha value is -5.09. The van der Waals surface area contributed by atoms with Crippen molar-refractivity contribution in [1.82, 2.24) is 14.5 Å². The molecular weight excluding hydrogens is 707 g/mol. The maximum Gasteiger partial charge on any atom is 0.0774 e. The first-order chi connectivity index (χ1) is 21.2. The van der Waals surface area contributed by atoms with Gasteiger partial charge in [0.1, 0.15) is 0 Å². The molecule has 3 aromatic heterocycles. The van der Waals surface area contributed by atoms with E-state index in [-0.39, 0.29) is 20.1 Å². The van der Waals surface area contributed by atoms with Gasteiger partial charge in [-0.05, 0) is 47.2 Å². The minimum Gasteiger partial charge on any atom is -0.557 e. The SMILES string of the molecule is [2H]c1ccc2c(-c3nc4ccccc4n3-c3ccc(-c4ccccc4)cc3)[c-]oc2c1.[Ir].[c-]1ccccc1-c1ccccn1. The number of aromatic nitrogens is 3. The van der Waals surface area contributed by atoms with Crippen molar-refractivity contribution in [3.8, 4) is 39.5 Å². The van der Waals surface area contributed by atoms with Crippen LogP contribution in [0.2, 0.25) is 0 Å². The standard InChI is InChI=1S/C27H17N2O.C11H8N.Ir/c1-2-8-19(9-3-1)20-14-16-21(17-15-20)29-25-12-6-5-11-24(25)28-27(29)23-18-30-26-13-7-4-10-22(23)26;1-2-6-10(7-3-1)11-8-4-5-9-12-11;/h1-17H;1-6,8-9H;/q2*-1;/i7D;;. The van der Waals surface area contributed by atoms with Crippen molar-refractivity contribution in [3.63, 3.8) is 0 Å². The first-order valence-corrected chi connectivity index (χ1v) is 13.7. The number of rotatable bonds is 4. The van der Waals surface area contributed by atoms with Crippen LogP contribution in [0, 0.1) is 12.3 Å². The summed E-state index contributed by atoms with van der Waals surface area (Å²) in [6.45, 7) is 0. The summed E-state index contributed by atoms with van der Waals surface area (Å²) in [4.78, 5) is 9.13. The average Bonchev–Trinajstić information content (AvgIpc) is 3.67. The van der Waals surface area contributed by atoms with E-state index in [1.165, 1.54) is 11.1 Å². The van der Waals surface area contributed by atoms with Crippen LogP contribution in [-0.2, 0) is 20.1 Å². The first kappa shape index (κ1) is 26.8. The molecule has 5 aromatic carbocycles. The molecule has 43 heavy (non-hydrogen) atoms. The molecule has 0 spiro atoms.